The number of hydrogen-bond acceptors (Lipinski definition) is 1. The van der Waals surface area contributed by atoms with Crippen LogP contribution in [-0.4, -0.2) is 5.11 Å². The zero-order valence-electron chi connectivity index (χ0n) is 10.4. The lowest BCUT2D eigenvalue weighted by atomic mass is 9.88. The van der Waals surface area contributed by atoms with Crippen LogP contribution in [0, 0.1) is 26.2 Å². The molecule has 0 bridgehead atoms. The average molecular weight is 216 g/mol. The second kappa shape index (κ2) is 5.18. The third-order valence-corrected chi connectivity index (χ3v) is 2.83. The lowest BCUT2D eigenvalue weighted by Crippen LogP contribution is -2.21. The van der Waals surface area contributed by atoms with Crippen molar-refractivity contribution in [2.24, 2.45) is 0 Å². The monoisotopic (exact) mass is 216 g/mol. The summed E-state index contributed by atoms with van der Waals surface area (Å²) in [5, 5.41) is 10.4. The molecule has 1 N–H and O–H groups in total. The van der Waals surface area contributed by atoms with Crippen molar-refractivity contribution in [3.05, 3.63) is 34.9 Å². The standard InChI is InChI=1S/C15H20O/c1-5-6-7-8-15(4,16)14-10-12(2)9-13(3)11-14/h1,9-11,16H,6-8H2,2-4H3. The summed E-state index contributed by atoms with van der Waals surface area (Å²) in [6, 6.07) is 6.20. The minimum absolute atomic E-state index is 0.708. The fourth-order valence-corrected chi connectivity index (χ4v) is 1.96. The van der Waals surface area contributed by atoms with Crippen LogP contribution in [0.4, 0.5) is 0 Å². The average Bonchev–Trinajstić information content (AvgIpc) is 2.16. The summed E-state index contributed by atoms with van der Waals surface area (Å²) in [7, 11) is 0. The molecule has 0 amide bonds. The normalized spacial score (nSPS) is 14.2. The summed E-state index contributed by atoms with van der Waals surface area (Å²) in [6.07, 6.45) is 7.50. The van der Waals surface area contributed by atoms with E-state index in [-0.39, 0.29) is 0 Å². The minimum Gasteiger partial charge on any atom is -0.385 e. The Morgan fingerprint density at radius 2 is 1.81 bits per heavy atom. The zero-order valence-corrected chi connectivity index (χ0v) is 10.4. The van der Waals surface area contributed by atoms with Gasteiger partial charge in [0.05, 0.1) is 5.60 Å². The molecule has 0 radical (unpaired) electrons. The molecule has 1 atom stereocenters. The van der Waals surface area contributed by atoms with E-state index in [0.29, 0.717) is 6.42 Å². The summed E-state index contributed by atoms with van der Waals surface area (Å²) in [4.78, 5) is 0. The fourth-order valence-electron chi connectivity index (χ4n) is 1.96. The van der Waals surface area contributed by atoms with Crippen molar-refractivity contribution >= 4 is 0 Å². The number of aliphatic hydroxyl groups is 1. The third kappa shape index (κ3) is 3.40. The molecule has 16 heavy (non-hydrogen) atoms. The third-order valence-electron chi connectivity index (χ3n) is 2.83. The van der Waals surface area contributed by atoms with E-state index in [1.54, 1.807) is 0 Å². The van der Waals surface area contributed by atoms with E-state index in [4.69, 9.17) is 6.42 Å². The van der Waals surface area contributed by atoms with Crippen molar-refractivity contribution in [2.45, 2.75) is 45.6 Å². The number of terminal acetylenes is 1. The van der Waals surface area contributed by atoms with Gasteiger partial charge in [-0.15, -0.1) is 12.3 Å². The molecule has 0 saturated carbocycles. The van der Waals surface area contributed by atoms with Gasteiger partial charge in [-0.3, -0.25) is 0 Å². The van der Waals surface area contributed by atoms with Crippen LogP contribution in [-0.2, 0) is 5.60 Å². The lowest BCUT2D eigenvalue weighted by molar-refractivity contribution is 0.0459. The lowest BCUT2D eigenvalue weighted by Gasteiger charge is -2.24. The maximum absolute atomic E-state index is 10.4. The first-order chi connectivity index (χ1) is 7.45. The quantitative estimate of drug-likeness (QED) is 0.604. The molecule has 0 spiro atoms. The van der Waals surface area contributed by atoms with E-state index < -0.39 is 5.60 Å². The number of hydrogen-bond donors (Lipinski definition) is 1. The van der Waals surface area contributed by atoms with E-state index in [0.717, 1.165) is 18.4 Å². The van der Waals surface area contributed by atoms with E-state index >= 15 is 0 Å². The molecule has 1 aromatic rings. The number of unbranched alkanes of at least 4 members (excludes halogenated alkanes) is 1. The molecule has 0 fully saturated rings. The molecule has 0 heterocycles. The van der Waals surface area contributed by atoms with E-state index in [9.17, 15) is 5.11 Å². The van der Waals surface area contributed by atoms with Crippen molar-refractivity contribution in [1.82, 2.24) is 0 Å². The summed E-state index contributed by atoms with van der Waals surface area (Å²) < 4.78 is 0. The van der Waals surface area contributed by atoms with Crippen LogP contribution in [0.15, 0.2) is 18.2 Å². The first kappa shape index (κ1) is 12.8. The fraction of sp³-hybridized carbons (Fsp3) is 0.467. The number of benzene rings is 1. The van der Waals surface area contributed by atoms with Crippen LogP contribution >= 0.6 is 0 Å². The Kier molecular flexibility index (Phi) is 4.15. The maximum Gasteiger partial charge on any atom is 0.0869 e. The van der Waals surface area contributed by atoms with Crippen LogP contribution in [0.1, 0.15) is 42.9 Å². The van der Waals surface area contributed by atoms with Crippen LogP contribution in [0.3, 0.4) is 0 Å². The first-order valence-electron chi connectivity index (χ1n) is 5.70. The molecule has 1 heteroatoms. The molecule has 0 aromatic heterocycles. The van der Waals surface area contributed by atoms with Gasteiger partial charge < -0.3 is 5.11 Å². The highest BCUT2D eigenvalue weighted by atomic mass is 16.3. The highest BCUT2D eigenvalue weighted by molar-refractivity contribution is 5.32. The maximum atomic E-state index is 10.4. The van der Waals surface area contributed by atoms with Crippen LogP contribution in [0.25, 0.3) is 0 Å². The van der Waals surface area contributed by atoms with Gasteiger partial charge in [0.1, 0.15) is 0 Å². The van der Waals surface area contributed by atoms with E-state index in [1.165, 1.54) is 11.1 Å². The molecule has 1 aromatic carbocycles. The molecule has 0 saturated heterocycles. The van der Waals surface area contributed by atoms with Crippen LogP contribution in [0.2, 0.25) is 0 Å². The van der Waals surface area contributed by atoms with Gasteiger partial charge in [-0.1, -0.05) is 29.3 Å². The summed E-state index contributed by atoms with van der Waals surface area (Å²) in [6.45, 7) is 5.96. The van der Waals surface area contributed by atoms with Crippen LogP contribution in [0.5, 0.6) is 0 Å². The summed E-state index contributed by atoms with van der Waals surface area (Å²) in [5.74, 6) is 2.60. The van der Waals surface area contributed by atoms with Gasteiger partial charge in [0.25, 0.3) is 0 Å². The largest absolute Gasteiger partial charge is 0.385 e. The zero-order chi connectivity index (χ0) is 12.2. The van der Waals surface area contributed by atoms with Crippen molar-refractivity contribution < 1.29 is 5.11 Å². The summed E-state index contributed by atoms with van der Waals surface area (Å²) >= 11 is 0. The molecule has 0 aliphatic heterocycles. The van der Waals surface area contributed by atoms with Gasteiger partial charge in [0, 0.05) is 6.42 Å². The Hall–Kier alpha value is -1.26. The predicted molar refractivity (Wildman–Crippen MR) is 68.2 cm³/mol. The van der Waals surface area contributed by atoms with Gasteiger partial charge in [-0.05, 0) is 39.2 Å². The molecule has 1 nitrogen and oxygen atoms in total. The predicted octanol–water partition coefficient (Wildman–Crippen LogP) is 3.31. The molecule has 1 rings (SSSR count). The highest BCUT2D eigenvalue weighted by Gasteiger charge is 2.22. The van der Waals surface area contributed by atoms with Gasteiger partial charge in [-0.2, -0.15) is 0 Å². The first-order valence-corrected chi connectivity index (χ1v) is 5.70. The van der Waals surface area contributed by atoms with E-state index in [1.807, 2.05) is 32.9 Å². The molecular formula is C15H20O. The van der Waals surface area contributed by atoms with Crippen molar-refractivity contribution in [2.75, 3.05) is 0 Å². The SMILES string of the molecule is C#CCCCC(C)(O)c1cc(C)cc(C)c1. The summed E-state index contributed by atoms with van der Waals surface area (Å²) in [5.41, 5.74) is 2.59. The highest BCUT2D eigenvalue weighted by Crippen LogP contribution is 2.28. The molecule has 0 aliphatic rings. The molecule has 86 valence electrons. The van der Waals surface area contributed by atoms with E-state index in [2.05, 4.69) is 12.0 Å². The second-order valence-electron chi connectivity index (χ2n) is 4.71. The Morgan fingerprint density at radius 1 is 1.25 bits per heavy atom. The van der Waals surface area contributed by atoms with Crippen LogP contribution < -0.4 is 0 Å². The van der Waals surface area contributed by atoms with Gasteiger partial charge >= 0.3 is 0 Å². The van der Waals surface area contributed by atoms with Gasteiger partial charge in [0.15, 0.2) is 0 Å². The number of rotatable bonds is 4. The Morgan fingerprint density at radius 3 is 2.31 bits per heavy atom. The van der Waals surface area contributed by atoms with Crippen molar-refractivity contribution in [3.63, 3.8) is 0 Å². The Bertz CT molecular complexity index is 376. The number of aryl methyl sites for hydroxylation is 2. The Labute approximate surface area is 98.5 Å². The minimum atomic E-state index is -0.770. The van der Waals surface area contributed by atoms with Gasteiger partial charge in [-0.25, -0.2) is 0 Å². The molecule has 1 unspecified atom stereocenters. The smallest absolute Gasteiger partial charge is 0.0869 e. The Balaban J connectivity index is 2.85. The molecular weight excluding hydrogens is 196 g/mol. The van der Waals surface area contributed by atoms with Gasteiger partial charge in [0.2, 0.25) is 0 Å². The topological polar surface area (TPSA) is 20.2 Å². The van der Waals surface area contributed by atoms with Crippen molar-refractivity contribution in [3.8, 4) is 12.3 Å². The second-order valence-corrected chi connectivity index (χ2v) is 4.71. The molecule has 0 aliphatic carbocycles. The van der Waals surface area contributed by atoms with Crippen molar-refractivity contribution in [1.29, 1.82) is 0 Å².